The predicted octanol–water partition coefficient (Wildman–Crippen LogP) is 6.87. The van der Waals surface area contributed by atoms with Gasteiger partial charge in [0.1, 0.15) is 0 Å². The third kappa shape index (κ3) is 6.36. The quantitative estimate of drug-likeness (QED) is 0.178. The van der Waals surface area contributed by atoms with Crippen LogP contribution < -0.4 is 5.32 Å². The van der Waals surface area contributed by atoms with E-state index in [2.05, 4.69) is 10.3 Å². The maximum absolute atomic E-state index is 13.8. The number of nitrogens with zero attached hydrogens (tertiary/aromatic N) is 3. The van der Waals surface area contributed by atoms with Crippen LogP contribution in [-0.4, -0.2) is 20.7 Å². The van der Waals surface area contributed by atoms with Gasteiger partial charge in [-0.3, -0.25) is 30.0 Å². The SMILES string of the molecule is CC(C)(NC(=O)c1c(Sc2cccc([N+](=O)[O-])c2)cccc1Sc1cccc([N+](=O)[O-])c1)c1ccccn1. The summed E-state index contributed by atoms with van der Waals surface area (Å²) in [5, 5.41) is 25.6. The molecule has 0 saturated heterocycles. The van der Waals surface area contributed by atoms with Crippen LogP contribution in [0.5, 0.6) is 0 Å². The molecule has 0 radical (unpaired) electrons. The second-order valence-corrected chi connectivity index (χ2v) is 10.9. The maximum atomic E-state index is 13.8. The maximum Gasteiger partial charge on any atom is 0.270 e. The highest BCUT2D eigenvalue weighted by Crippen LogP contribution is 2.40. The molecule has 1 amide bonds. The number of aromatic nitrogens is 1. The number of nitro groups is 2. The van der Waals surface area contributed by atoms with Crippen LogP contribution in [0.15, 0.2) is 111 Å². The number of carbonyl (C=O) groups is 1. The van der Waals surface area contributed by atoms with E-state index in [1.807, 2.05) is 26.0 Å². The van der Waals surface area contributed by atoms with Gasteiger partial charge in [0.25, 0.3) is 17.3 Å². The molecule has 0 aliphatic carbocycles. The molecule has 3 aromatic carbocycles. The second-order valence-electron chi connectivity index (χ2n) is 8.64. The van der Waals surface area contributed by atoms with Gasteiger partial charge in [0.2, 0.25) is 0 Å². The molecule has 38 heavy (non-hydrogen) atoms. The Morgan fingerprint density at radius 3 is 1.79 bits per heavy atom. The lowest BCUT2D eigenvalue weighted by Gasteiger charge is -2.27. The Hall–Kier alpha value is -4.22. The first-order valence-corrected chi connectivity index (χ1v) is 13.0. The highest BCUT2D eigenvalue weighted by molar-refractivity contribution is 8.00. The number of carbonyl (C=O) groups excluding carboxylic acids is 1. The van der Waals surface area contributed by atoms with E-state index in [4.69, 9.17) is 0 Å². The fourth-order valence-electron chi connectivity index (χ4n) is 3.62. The number of hydrogen-bond donors (Lipinski definition) is 1. The van der Waals surface area contributed by atoms with Gasteiger partial charge in [-0.15, -0.1) is 0 Å². The van der Waals surface area contributed by atoms with E-state index in [9.17, 15) is 25.0 Å². The zero-order chi connectivity index (χ0) is 27.3. The molecule has 0 unspecified atom stereocenters. The fourth-order valence-corrected chi connectivity index (χ4v) is 5.75. The minimum absolute atomic E-state index is 0.0561. The predicted molar refractivity (Wildman–Crippen MR) is 146 cm³/mol. The van der Waals surface area contributed by atoms with Crippen molar-refractivity contribution in [3.8, 4) is 0 Å². The lowest BCUT2D eigenvalue weighted by molar-refractivity contribution is -0.385. The van der Waals surface area contributed by atoms with Crippen molar-refractivity contribution in [2.45, 2.75) is 39.0 Å². The smallest absolute Gasteiger partial charge is 0.270 e. The van der Waals surface area contributed by atoms with E-state index >= 15 is 0 Å². The molecule has 0 bridgehead atoms. The van der Waals surface area contributed by atoms with E-state index in [0.717, 1.165) is 0 Å². The highest BCUT2D eigenvalue weighted by atomic mass is 32.2. The van der Waals surface area contributed by atoms with E-state index in [1.165, 1.54) is 47.8 Å². The minimum atomic E-state index is -0.810. The normalized spacial score (nSPS) is 11.1. The molecule has 1 N–H and O–H groups in total. The molecule has 11 heteroatoms. The largest absolute Gasteiger partial charge is 0.341 e. The molecule has 0 saturated carbocycles. The van der Waals surface area contributed by atoms with Crippen LogP contribution in [-0.2, 0) is 5.54 Å². The standard InChI is InChI=1S/C27H22N4O5S2/c1-27(2,24-14-3-4-15-28-24)29-26(32)25-22(37-20-10-5-8-18(16-20)30(33)34)12-7-13-23(25)38-21-11-6-9-19(17-21)31(35)36/h3-17H,1-2H3,(H,29,32). The van der Waals surface area contributed by atoms with Crippen LogP contribution in [0.3, 0.4) is 0 Å². The molecule has 4 rings (SSSR count). The Morgan fingerprint density at radius 1 is 0.789 bits per heavy atom. The van der Waals surface area contributed by atoms with Crippen LogP contribution in [0.4, 0.5) is 11.4 Å². The number of amides is 1. The monoisotopic (exact) mass is 546 g/mol. The van der Waals surface area contributed by atoms with Gasteiger partial charge < -0.3 is 5.32 Å². The highest BCUT2D eigenvalue weighted by Gasteiger charge is 2.28. The van der Waals surface area contributed by atoms with Crippen LogP contribution in [0, 0.1) is 20.2 Å². The summed E-state index contributed by atoms with van der Waals surface area (Å²) in [6.07, 6.45) is 1.65. The molecular weight excluding hydrogens is 524 g/mol. The Kier molecular flexibility index (Phi) is 8.08. The number of hydrogen-bond acceptors (Lipinski definition) is 8. The Bertz CT molecular complexity index is 1430. The lowest BCUT2D eigenvalue weighted by atomic mass is 9.99. The van der Waals surface area contributed by atoms with Crippen molar-refractivity contribution in [3.63, 3.8) is 0 Å². The van der Waals surface area contributed by atoms with Gasteiger partial charge in [-0.2, -0.15) is 0 Å². The summed E-state index contributed by atoms with van der Waals surface area (Å²) in [6.45, 7) is 3.69. The summed E-state index contributed by atoms with van der Waals surface area (Å²) >= 11 is 2.45. The van der Waals surface area contributed by atoms with Crippen molar-refractivity contribution >= 4 is 40.8 Å². The Labute approximate surface area is 227 Å². The van der Waals surface area contributed by atoms with Crippen molar-refractivity contribution in [3.05, 3.63) is 123 Å². The minimum Gasteiger partial charge on any atom is -0.341 e. The third-order valence-electron chi connectivity index (χ3n) is 5.46. The second kappa shape index (κ2) is 11.4. The molecule has 0 aliphatic rings. The first kappa shape index (κ1) is 26.8. The van der Waals surface area contributed by atoms with Crippen LogP contribution in [0.2, 0.25) is 0 Å². The molecule has 192 valence electrons. The van der Waals surface area contributed by atoms with Crippen LogP contribution in [0.25, 0.3) is 0 Å². The number of nitro benzene ring substituents is 2. The number of nitrogens with one attached hydrogen (secondary N) is 1. The van der Waals surface area contributed by atoms with Crippen molar-refractivity contribution in [1.29, 1.82) is 0 Å². The fraction of sp³-hybridized carbons (Fsp3) is 0.111. The Balaban J connectivity index is 1.76. The van der Waals surface area contributed by atoms with Gasteiger partial charge in [-0.1, -0.05) is 47.8 Å². The van der Waals surface area contributed by atoms with E-state index < -0.39 is 15.4 Å². The lowest BCUT2D eigenvalue weighted by Crippen LogP contribution is -2.42. The third-order valence-corrected chi connectivity index (χ3v) is 7.56. The number of benzene rings is 3. The van der Waals surface area contributed by atoms with Crippen molar-refractivity contribution in [1.82, 2.24) is 10.3 Å². The zero-order valence-corrected chi connectivity index (χ0v) is 22.0. The van der Waals surface area contributed by atoms with Gasteiger partial charge in [-0.05, 0) is 50.2 Å². The number of rotatable bonds is 9. The molecule has 0 atom stereocenters. The van der Waals surface area contributed by atoms with E-state index in [0.29, 0.717) is 30.8 Å². The van der Waals surface area contributed by atoms with Gasteiger partial charge in [0.05, 0.1) is 26.6 Å². The average molecular weight is 547 g/mol. The summed E-state index contributed by atoms with van der Waals surface area (Å²) in [5.74, 6) is -0.373. The van der Waals surface area contributed by atoms with E-state index in [-0.39, 0.29) is 17.3 Å². The Morgan fingerprint density at radius 2 is 1.32 bits per heavy atom. The summed E-state index contributed by atoms with van der Waals surface area (Å²) in [7, 11) is 0. The molecule has 0 fully saturated rings. The summed E-state index contributed by atoms with van der Waals surface area (Å²) < 4.78 is 0. The number of non-ortho nitro benzene ring substituents is 2. The van der Waals surface area contributed by atoms with Crippen molar-refractivity contribution in [2.75, 3.05) is 0 Å². The first-order valence-electron chi connectivity index (χ1n) is 11.4. The molecule has 0 aliphatic heterocycles. The summed E-state index contributed by atoms with van der Waals surface area (Å²) in [4.78, 5) is 42.2. The van der Waals surface area contributed by atoms with Crippen LogP contribution >= 0.6 is 23.5 Å². The van der Waals surface area contributed by atoms with Crippen LogP contribution in [0.1, 0.15) is 29.9 Å². The topological polar surface area (TPSA) is 128 Å². The van der Waals surface area contributed by atoms with E-state index in [1.54, 1.807) is 54.7 Å². The van der Waals surface area contributed by atoms with Gasteiger partial charge in [-0.25, -0.2) is 0 Å². The van der Waals surface area contributed by atoms with Crippen molar-refractivity contribution in [2.24, 2.45) is 0 Å². The summed E-state index contributed by atoms with van der Waals surface area (Å²) in [6, 6.07) is 23.1. The van der Waals surface area contributed by atoms with Gasteiger partial charge >= 0.3 is 0 Å². The molecular formula is C27H22N4O5S2. The molecule has 1 heterocycles. The molecule has 9 nitrogen and oxygen atoms in total. The first-order chi connectivity index (χ1) is 18.1. The average Bonchev–Trinajstić information content (AvgIpc) is 2.89. The van der Waals surface area contributed by atoms with Gasteiger partial charge in [0.15, 0.2) is 0 Å². The molecule has 1 aromatic heterocycles. The zero-order valence-electron chi connectivity index (χ0n) is 20.4. The van der Waals surface area contributed by atoms with Crippen molar-refractivity contribution < 1.29 is 14.6 Å². The summed E-state index contributed by atoms with van der Waals surface area (Å²) in [5.41, 5.74) is 0.100. The molecule has 4 aromatic rings. The van der Waals surface area contributed by atoms with Gasteiger partial charge in [0, 0.05) is 50.0 Å². The molecule has 0 spiro atoms. The number of pyridine rings is 1.